The lowest BCUT2D eigenvalue weighted by Gasteiger charge is -2.14. The lowest BCUT2D eigenvalue weighted by atomic mass is 10.1. The summed E-state index contributed by atoms with van der Waals surface area (Å²) in [6.45, 7) is 5.72. The number of nitrogens with two attached hydrogens (primary N) is 1. The van der Waals surface area contributed by atoms with E-state index in [0.29, 0.717) is 31.5 Å². The van der Waals surface area contributed by atoms with Gasteiger partial charge >= 0.3 is 0 Å². The van der Waals surface area contributed by atoms with Crippen LogP contribution in [0.5, 0.6) is 11.5 Å². The highest BCUT2D eigenvalue weighted by Crippen LogP contribution is 2.45. The molecule has 0 radical (unpaired) electrons. The maximum absolute atomic E-state index is 9.30. The van der Waals surface area contributed by atoms with E-state index in [2.05, 4.69) is 10.3 Å². The molecule has 130 valence electrons. The normalized spacial score (nSPS) is 15.5. The Morgan fingerprint density at radius 3 is 2.57 bits per heavy atom. The van der Waals surface area contributed by atoms with Gasteiger partial charge in [-0.1, -0.05) is 0 Å². The standard InChI is InChI=1S/C16H25N3O3.HI/c1-3-21-12-5-6-14(22-4-2)13(9-12)19-15(17)18-10-16(11-20)7-8-16;/h5-6,9,20H,3-4,7-8,10-11H2,1-2H3,(H3,17,18,19);1H. The molecule has 0 heterocycles. The second-order valence-corrected chi connectivity index (χ2v) is 5.51. The van der Waals surface area contributed by atoms with Crippen LogP contribution in [0.15, 0.2) is 23.2 Å². The zero-order valence-corrected chi connectivity index (χ0v) is 16.0. The Balaban J connectivity index is 0.00000264. The lowest BCUT2D eigenvalue weighted by molar-refractivity contribution is 0.217. The number of halogens is 1. The van der Waals surface area contributed by atoms with Crippen LogP contribution in [-0.4, -0.2) is 37.4 Å². The molecule has 0 amide bonds. The molecule has 0 aromatic heterocycles. The fourth-order valence-corrected chi connectivity index (χ4v) is 2.12. The number of aliphatic hydroxyl groups is 1. The number of anilines is 1. The van der Waals surface area contributed by atoms with E-state index >= 15 is 0 Å². The molecule has 1 aromatic carbocycles. The summed E-state index contributed by atoms with van der Waals surface area (Å²) in [7, 11) is 0. The van der Waals surface area contributed by atoms with Crippen molar-refractivity contribution >= 4 is 35.6 Å². The van der Waals surface area contributed by atoms with E-state index in [4.69, 9.17) is 15.2 Å². The van der Waals surface area contributed by atoms with Crippen LogP contribution in [0.25, 0.3) is 0 Å². The van der Waals surface area contributed by atoms with E-state index in [9.17, 15) is 5.11 Å². The Morgan fingerprint density at radius 2 is 2.00 bits per heavy atom. The van der Waals surface area contributed by atoms with Crippen LogP contribution in [0.4, 0.5) is 5.69 Å². The first-order chi connectivity index (χ1) is 10.6. The SMILES string of the molecule is CCOc1ccc(OCC)c(NC(N)=NCC2(CO)CC2)c1.I. The van der Waals surface area contributed by atoms with Crippen LogP contribution in [-0.2, 0) is 0 Å². The molecule has 0 atom stereocenters. The Labute approximate surface area is 154 Å². The summed E-state index contributed by atoms with van der Waals surface area (Å²) in [6.07, 6.45) is 2.01. The average Bonchev–Trinajstić information content (AvgIpc) is 3.29. The molecule has 2 rings (SSSR count). The molecule has 6 nitrogen and oxygen atoms in total. The molecule has 4 N–H and O–H groups in total. The molecule has 1 aliphatic rings. The molecule has 1 saturated carbocycles. The van der Waals surface area contributed by atoms with Gasteiger partial charge in [-0.25, -0.2) is 0 Å². The number of benzene rings is 1. The van der Waals surface area contributed by atoms with Gasteiger partial charge in [-0.3, -0.25) is 4.99 Å². The third-order valence-electron chi connectivity index (χ3n) is 3.70. The van der Waals surface area contributed by atoms with Gasteiger partial charge in [-0.05, 0) is 38.8 Å². The number of aliphatic hydroxyl groups excluding tert-OH is 1. The number of ether oxygens (including phenoxy) is 2. The smallest absolute Gasteiger partial charge is 0.193 e. The first-order valence-corrected chi connectivity index (χ1v) is 7.70. The van der Waals surface area contributed by atoms with Crippen LogP contribution in [0.1, 0.15) is 26.7 Å². The third-order valence-corrected chi connectivity index (χ3v) is 3.70. The largest absolute Gasteiger partial charge is 0.494 e. The minimum absolute atomic E-state index is 0. The maximum atomic E-state index is 9.30. The average molecular weight is 435 g/mol. The zero-order chi connectivity index (χ0) is 16.0. The zero-order valence-electron chi connectivity index (χ0n) is 13.7. The second kappa shape index (κ2) is 9.17. The molecule has 1 fully saturated rings. The summed E-state index contributed by atoms with van der Waals surface area (Å²) in [5, 5.41) is 12.4. The predicted molar refractivity (Wildman–Crippen MR) is 103 cm³/mol. The minimum atomic E-state index is -0.0534. The highest BCUT2D eigenvalue weighted by atomic mass is 127. The first-order valence-electron chi connectivity index (χ1n) is 7.70. The molecule has 0 bridgehead atoms. The number of nitrogens with zero attached hydrogens (tertiary/aromatic N) is 1. The van der Waals surface area contributed by atoms with Crippen molar-refractivity contribution in [1.29, 1.82) is 0 Å². The highest BCUT2D eigenvalue weighted by Gasteiger charge is 2.41. The molecule has 23 heavy (non-hydrogen) atoms. The fraction of sp³-hybridized carbons (Fsp3) is 0.562. The molecule has 7 heteroatoms. The molecule has 1 aliphatic carbocycles. The van der Waals surface area contributed by atoms with E-state index in [-0.39, 0.29) is 36.0 Å². The van der Waals surface area contributed by atoms with Gasteiger partial charge in [0.15, 0.2) is 5.96 Å². The maximum Gasteiger partial charge on any atom is 0.193 e. The van der Waals surface area contributed by atoms with E-state index in [1.807, 2.05) is 32.0 Å². The van der Waals surface area contributed by atoms with Gasteiger partial charge in [0.1, 0.15) is 11.5 Å². The van der Waals surface area contributed by atoms with Crippen molar-refractivity contribution < 1.29 is 14.6 Å². The Morgan fingerprint density at radius 1 is 1.30 bits per heavy atom. The number of guanidine groups is 1. The van der Waals surface area contributed by atoms with Crippen molar-refractivity contribution in [3.8, 4) is 11.5 Å². The summed E-state index contributed by atoms with van der Waals surface area (Å²) in [4.78, 5) is 4.33. The van der Waals surface area contributed by atoms with Crippen molar-refractivity contribution in [2.45, 2.75) is 26.7 Å². The number of rotatable bonds is 8. The van der Waals surface area contributed by atoms with Crippen LogP contribution in [0.2, 0.25) is 0 Å². The quantitative estimate of drug-likeness (QED) is 0.332. The van der Waals surface area contributed by atoms with Gasteiger partial charge in [-0.2, -0.15) is 0 Å². The van der Waals surface area contributed by atoms with Crippen LogP contribution in [0.3, 0.4) is 0 Å². The summed E-state index contributed by atoms with van der Waals surface area (Å²) in [5.74, 6) is 1.76. The first kappa shape index (κ1) is 19.8. The van der Waals surface area contributed by atoms with Gasteiger partial charge in [0.2, 0.25) is 0 Å². The Bertz CT molecular complexity index is 533. The summed E-state index contributed by atoms with van der Waals surface area (Å²) < 4.78 is 11.1. The van der Waals surface area contributed by atoms with E-state index in [1.165, 1.54) is 0 Å². The van der Waals surface area contributed by atoms with E-state index in [0.717, 1.165) is 24.3 Å². The van der Waals surface area contributed by atoms with E-state index in [1.54, 1.807) is 0 Å². The van der Waals surface area contributed by atoms with Crippen LogP contribution < -0.4 is 20.5 Å². The summed E-state index contributed by atoms with van der Waals surface area (Å²) in [5.41, 5.74) is 6.62. The number of hydrogen-bond donors (Lipinski definition) is 3. The second-order valence-electron chi connectivity index (χ2n) is 5.51. The Kier molecular flexibility index (Phi) is 7.90. The predicted octanol–water partition coefficient (Wildman–Crippen LogP) is 2.60. The van der Waals surface area contributed by atoms with Crippen molar-refractivity contribution in [3.05, 3.63) is 18.2 Å². The van der Waals surface area contributed by atoms with Crippen molar-refractivity contribution in [2.24, 2.45) is 16.1 Å². The van der Waals surface area contributed by atoms with Gasteiger partial charge < -0.3 is 25.6 Å². The van der Waals surface area contributed by atoms with Crippen molar-refractivity contribution in [2.75, 3.05) is 31.7 Å². The number of nitrogens with one attached hydrogen (secondary N) is 1. The van der Waals surface area contributed by atoms with Crippen LogP contribution >= 0.6 is 24.0 Å². The fourth-order valence-electron chi connectivity index (χ4n) is 2.12. The summed E-state index contributed by atoms with van der Waals surface area (Å²) in [6, 6.07) is 5.55. The van der Waals surface area contributed by atoms with Gasteiger partial charge in [0.25, 0.3) is 0 Å². The monoisotopic (exact) mass is 435 g/mol. The van der Waals surface area contributed by atoms with Crippen molar-refractivity contribution in [3.63, 3.8) is 0 Å². The van der Waals surface area contributed by atoms with E-state index < -0.39 is 0 Å². The highest BCUT2D eigenvalue weighted by molar-refractivity contribution is 14.0. The molecule has 0 unspecified atom stereocenters. The number of aliphatic imine (C=N–C) groups is 1. The topological polar surface area (TPSA) is 89.1 Å². The molecule has 0 saturated heterocycles. The van der Waals surface area contributed by atoms with Gasteiger partial charge in [0.05, 0.1) is 32.1 Å². The lowest BCUT2D eigenvalue weighted by Crippen LogP contribution is -2.25. The molecule has 1 aromatic rings. The van der Waals surface area contributed by atoms with Crippen LogP contribution in [0, 0.1) is 5.41 Å². The minimum Gasteiger partial charge on any atom is -0.494 e. The van der Waals surface area contributed by atoms with Gasteiger partial charge in [0, 0.05) is 11.5 Å². The number of hydrogen-bond acceptors (Lipinski definition) is 4. The molecule has 0 spiro atoms. The Hall–Kier alpha value is -1.22. The third kappa shape index (κ3) is 5.72. The van der Waals surface area contributed by atoms with Gasteiger partial charge in [-0.15, -0.1) is 24.0 Å². The van der Waals surface area contributed by atoms with Crippen molar-refractivity contribution in [1.82, 2.24) is 0 Å². The molecular formula is C16H26IN3O3. The summed E-state index contributed by atoms with van der Waals surface area (Å²) >= 11 is 0. The molecular weight excluding hydrogens is 409 g/mol. The molecule has 0 aliphatic heterocycles.